The molecule has 0 spiro atoms. The van der Waals surface area contributed by atoms with Crippen molar-refractivity contribution in [2.75, 3.05) is 11.9 Å². The van der Waals surface area contributed by atoms with Crippen LogP contribution in [0.2, 0.25) is 5.15 Å². The van der Waals surface area contributed by atoms with Crippen LogP contribution in [0, 0.1) is 0 Å². The minimum atomic E-state index is -0.107. The Bertz CT molecular complexity index is 384. The fourth-order valence-electron chi connectivity index (χ4n) is 0.992. The van der Waals surface area contributed by atoms with Gasteiger partial charge in [0.1, 0.15) is 5.15 Å². The van der Waals surface area contributed by atoms with E-state index in [1.54, 1.807) is 6.07 Å². The van der Waals surface area contributed by atoms with Crippen LogP contribution in [0.4, 0.5) is 5.69 Å². The summed E-state index contributed by atoms with van der Waals surface area (Å²) in [4.78, 5) is 15.4. The van der Waals surface area contributed by atoms with Crippen molar-refractivity contribution in [2.24, 2.45) is 0 Å². The minimum absolute atomic E-state index is 0.107. The van der Waals surface area contributed by atoms with Crippen molar-refractivity contribution in [3.05, 3.63) is 21.9 Å². The second kappa shape index (κ2) is 6.18. The highest BCUT2D eigenvalue weighted by Gasteiger charge is 2.05. The number of amides is 1. The summed E-state index contributed by atoms with van der Waals surface area (Å²) in [5, 5.41) is 6.11. The smallest absolute Gasteiger partial charge is 0.238 e. The van der Waals surface area contributed by atoms with Crippen molar-refractivity contribution in [3.8, 4) is 0 Å². The molecule has 0 aliphatic carbocycles. The van der Waals surface area contributed by atoms with Crippen molar-refractivity contribution in [3.63, 3.8) is 0 Å². The first-order valence-corrected chi connectivity index (χ1v) is 6.00. The molecule has 1 aromatic rings. The van der Waals surface area contributed by atoms with Crippen molar-refractivity contribution in [1.29, 1.82) is 0 Å². The molecular formula is C10H13BrClN3O. The maximum absolute atomic E-state index is 11.5. The molecule has 0 radical (unpaired) electrons. The molecule has 0 atom stereocenters. The third kappa shape index (κ3) is 4.47. The lowest BCUT2D eigenvalue weighted by atomic mass is 10.3. The highest BCUT2D eigenvalue weighted by atomic mass is 79.9. The normalized spacial score (nSPS) is 10.6. The maximum atomic E-state index is 11.5. The lowest BCUT2D eigenvalue weighted by Gasteiger charge is -2.09. The van der Waals surface area contributed by atoms with Gasteiger partial charge in [-0.3, -0.25) is 4.79 Å². The van der Waals surface area contributed by atoms with E-state index in [1.807, 2.05) is 13.8 Å². The number of hydrogen-bond acceptors (Lipinski definition) is 3. The molecule has 1 amide bonds. The van der Waals surface area contributed by atoms with Gasteiger partial charge < -0.3 is 10.6 Å². The van der Waals surface area contributed by atoms with Gasteiger partial charge in [-0.1, -0.05) is 25.4 Å². The van der Waals surface area contributed by atoms with E-state index < -0.39 is 0 Å². The topological polar surface area (TPSA) is 54.0 Å². The Labute approximate surface area is 108 Å². The van der Waals surface area contributed by atoms with Crippen LogP contribution >= 0.6 is 27.5 Å². The summed E-state index contributed by atoms with van der Waals surface area (Å²) in [7, 11) is 0. The van der Waals surface area contributed by atoms with Crippen LogP contribution in [0.25, 0.3) is 0 Å². The number of pyridine rings is 1. The standard InChI is InChI=1S/C10H13BrClN3O/c1-6(2)13-5-9(16)15-7-3-8(11)10(12)14-4-7/h3-4,6,13H,5H2,1-2H3,(H,15,16). The van der Waals surface area contributed by atoms with Crippen LogP contribution in [0.1, 0.15) is 13.8 Å². The summed E-state index contributed by atoms with van der Waals surface area (Å²) in [6, 6.07) is 1.99. The van der Waals surface area contributed by atoms with Crippen molar-refractivity contribution in [1.82, 2.24) is 10.3 Å². The highest BCUT2D eigenvalue weighted by molar-refractivity contribution is 9.10. The lowest BCUT2D eigenvalue weighted by Crippen LogP contribution is -2.32. The van der Waals surface area contributed by atoms with Crippen LogP contribution in [-0.4, -0.2) is 23.5 Å². The molecule has 88 valence electrons. The summed E-state index contributed by atoms with van der Waals surface area (Å²) in [5.41, 5.74) is 0.617. The second-order valence-corrected chi connectivity index (χ2v) is 4.79. The van der Waals surface area contributed by atoms with Crippen LogP contribution in [0.3, 0.4) is 0 Å². The first kappa shape index (κ1) is 13.4. The molecule has 1 heterocycles. The molecule has 0 saturated heterocycles. The quantitative estimate of drug-likeness (QED) is 0.840. The van der Waals surface area contributed by atoms with Gasteiger partial charge in [0.15, 0.2) is 0 Å². The molecule has 0 aliphatic rings. The van der Waals surface area contributed by atoms with Gasteiger partial charge in [-0.15, -0.1) is 0 Å². The van der Waals surface area contributed by atoms with Gasteiger partial charge in [-0.2, -0.15) is 0 Å². The molecule has 1 aromatic heterocycles. The van der Waals surface area contributed by atoms with Crippen LogP contribution in [0.15, 0.2) is 16.7 Å². The third-order valence-corrected chi connectivity index (χ3v) is 2.88. The Hall–Kier alpha value is -0.650. The number of nitrogens with one attached hydrogen (secondary N) is 2. The molecule has 0 aliphatic heterocycles. The summed E-state index contributed by atoms with van der Waals surface area (Å²) in [6.45, 7) is 4.24. The van der Waals surface area contributed by atoms with Gasteiger partial charge in [0.05, 0.1) is 22.9 Å². The molecule has 0 fully saturated rings. The number of anilines is 1. The molecule has 16 heavy (non-hydrogen) atoms. The first-order chi connectivity index (χ1) is 7.49. The van der Waals surface area contributed by atoms with E-state index in [0.29, 0.717) is 15.3 Å². The number of carbonyl (C=O) groups excluding carboxylic acids is 1. The predicted octanol–water partition coefficient (Wildman–Crippen LogP) is 2.43. The molecule has 0 bridgehead atoms. The largest absolute Gasteiger partial charge is 0.324 e. The van der Waals surface area contributed by atoms with E-state index >= 15 is 0 Å². The fourth-order valence-corrected chi connectivity index (χ4v) is 1.44. The molecule has 6 heteroatoms. The first-order valence-electron chi connectivity index (χ1n) is 4.83. The highest BCUT2D eigenvalue weighted by Crippen LogP contribution is 2.22. The van der Waals surface area contributed by atoms with Gasteiger partial charge in [-0.05, 0) is 22.0 Å². The van der Waals surface area contributed by atoms with Gasteiger partial charge in [0.2, 0.25) is 5.91 Å². The summed E-state index contributed by atoms with van der Waals surface area (Å²) in [5.74, 6) is -0.107. The molecular weight excluding hydrogens is 293 g/mol. The van der Waals surface area contributed by atoms with E-state index in [1.165, 1.54) is 6.20 Å². The van der Waals surface area contributed by atoms with E-state index in [4.69, 9.17) is 11.6 Å². The molecule has 2 N–H and O–H groups in total. The molecule has 1 rings (SSSR count). The molecule has 0 saturated carbocycles. The third-order valence-electron chi connectivity index (χ3n) is 1.75. The number of aromatic nitrogens is 1. The number of nitrogens with zero attached hydrogens (tertiary/aromatic N) is 1. The number of halogens is 2. The molecule has 0 aromatic carbocycles. The predicted molar refractivity (Wildman–Crippen MR) is 68.7 cm³/mol. The van der Waals surface area contributed by atoms with Crippen molar-refractivity contribution in [2.45, 2.75) is 19.9 Å². The van der Waals surface area contributed by atoms with E-state index in [9.17, 15) is 4.79 Å². The zero-order valence-corrected chi connectivity index (χ0v) is 11.4. The summed E-state index contributed by atoms with van der Waals surface area (Å²) < 4.78 is 0.656. The van der Waals surface area contributed by atoms with Crippen LogP contribution < -0.4 is 10.6 Å². The van der Waals surface area contributed by atoms with E-state index in [0.717, 1.165) is 0 Å². The average molecular weight is 307 g/mol. The fraction of sp³-hybridized carbons (Fsp3) is 0.400. The van der Waals surface area contributed by atoms with E-state index in [-0.39, 0.29) is 18.5 Å². The number of carbonyl (C=O) groups is 1. The number of rotatable bonds is 4. The summed E-state index contributed by atoms with van der Waals surface area (Å²) in [6.07, 6.45) is 1.51. The Morgan fingerprint density at radius 3 is 2.88 bits per heavy atom. The minimum Gasteiger partial charge on any atom is -0.324 e. The maximum Gasteiger partial charge on any atom is 0.238 e. The molecule has 0 unspecified atom stereocenters. The second-order valence-electron chi connectivity index (χ2n) is 3.58. The Morgan fingerprint density at radius 1 is 1.62 bits per heavy atom. The van der Waals surface area contributed by atoms with Gasteiger partial charge in [0.25, 0.3) is 0 Å². The van der Waals surface area contributed by atoms with Crippen molar-refractivity contribution < 1.29 is 4.79 Å². The SMILES string of the molecule is CC(C)NCC(=O)Nc1cnc(Cl)c(Br)c1. The zero-order valence-electron chi connectivity index (χ0n) is 9.05. The molecule has 4 nitrogen and oxygen atoms in total. The van der Waals surface area contributed by atoms with Gasteiger partial charge in [0, 0.05) is 6.04 Å². The van der Waals surface area contributed by atoms with Crippen molar-refractivity contribution >= 4 is 39.1 Å². The Balaban J connectivity index is 2.53. The van der Waals surface area contributed by atoms with E-state index in [2.05, 4.69) is 31.5 Å². The average Bonchev–Trinajstić information content (AvgIpc) is 2.21. The van der Waals surface area contributed by atoms with Gasteiger partial charge >= 0.3 is 0 Å². The van der Waals surface area contributed by atoms with Gasteiger partial charge in [-0.25, -0.2) is 4.98 Å². The Morgan fingerprint density at radius 2 is 2.31 bits per heavy atom. The monoisotopic (exact) mass is 305 g/mol. The van der Waals surface area contributed by atoms with Crippen LogP contribution in [-0.2, 0) is 4.79 Å². The zero-order chi connectivity index (χ0) is 12.1. The Kier molecular flexibility index (Phi) is 5.18. The number of hydrogen-bond donors (Lipinski definition) is 2. The lowest BCUT2D eigenvalue weighted by molar-refractivity contribution is -0.115. The van der Waals surface area contributed by atoms with Crippen LogP contribution in [0.5, 0.6) is 0 Å². The summed E-state index contributed by atoms with van der Waals surface area (Å²) >= 11 is 8.97.